The number of rotatable bonds is 5. The van der Waals surface area contributed by atoms with Crippen molar-refractivity contribution in [2.45, 2.75) is 12.8 Å². The summed E-state index contributed by atoms with van der Waals surface area (Å²) in [5.74, 6) is -0.907. The van der Waals surface area contributed by atoms with Crippen molar-refractivity contribution in [1.29, 1.82) is 5.26 Å². The highest BCUT2D eigenvalue weighted by molar-refractivity contribution is 5.73. The molecule has 0 radical (unpaired) electrons. The van der Waals surface area contributed by atoms with Gasteiger partial charge in [0.25, 0.3) is 0 Å². The summed E-state index contributed by atoms with van der Waals surface area (Å²) in [7, 11) is 0. The summed E-state index contributed by atoms with van der Waals surface area (Å²) in [6, 6.07) is 6.02. The van der Waals surface area contributed by atoms with E-state index >= 15 is 0 Å². The Kier molecular flexibility index (Phi) is 4.28. The van der Waals surface area contributed by atoms with Crippen LogP contribution in [0.3, 0.4) is 0 Å². The van der Waals surface area contributed by atoms with Crippen molar-refractivity contribution >= 4 is 11.6 Å². The minimum atomic E-state index is -0.553. The maximum atomic E-state index is 13.2. The second kappa shape index (κ2) is 5.71. The van der Waals surface area contributed by atoms with Gasteiger partial charge in [-0.05, 0) is 24.6 Å². The highest BCUT2D eigenvalue weighted by Crippen LogP contribution is 2.13. The Morgan fingerprint density at radius 1 is 1.56 bits per heavy atom. The first-order valence-corrected chi connectivity index (χ1v) is 4.85. The minimum Gasteiger partial charge on any atom is -0.385 e. The molecule has 0 unspecified atom stereocenters. The second-order valence-corrected chi connectivity index (χ2v) is 3.30. The molecule has 1 rings (SSSR count). The van der Waals surface area contributed by atoms with Gasteiger partial charge >= 0.3 is 0 Å². The maximum absolute atomic E-state index is 13.2. The predicted molar refractivity (Wildman–Crippen MR) is 58.0 cm³/mol. The number of nitrogens with zero attached hydrogens (tertiary/aromatic N) is 1. The quantitative estimate of drug-likeness (QED) is 0.737. The normalized spacial score (nSPS) is 9.50. The third kappa shape index (κ3) is 3.58. The fourth-order valence-corrected chi connectivity index (χ4v) is 1.21. The molecule has 5 heteroatoms. The fraction of sp³-hybridized carbons (Fsp3) is 0.273. The molecule has 0 saturated heterocycles. The summed E-state index contributed by atoms with van der Waals surface area (Å²) in [5, 5.41) is 11.5. The number of halogens is 1. The van der Waals surface area contributed by atoms with Crippen LogP contribution in [0.5, 0.6) is 0 Å². The third-order valence-corrected chi connectivity index (χ3v) is 2.02. The highest BCUT2D eigenvalue weighted by Gasteiger charge is 2.02. The third-order valence-electron chi connectivity index (χ3n) is 2.02. The molecule has 0 fully saturated rings. The Bertz CT molecular complexity index is 426. The van der Waals surface area contributed by atoms with E-state index in [1.807, 2.05) is 0 Å². The number of hydrogen-bond acceptors (Lipinski definition) is 3. The van der Waals surface area contributed by atoms with Crippen LogP contribution in [0, 0.1) is 17.1 Å². The molecule has 3 N–H and O–H groups in total. The Morgan fingerprint density at radius 2 is 2.31 bits per heavy atom. The molecule has 0 heterocycles. The van der Waals surface area contributed by atoms with E-state index in [0.717, 1.165) is 0 Å². The van der Waals surface area contributed by atoms with E-state index in [0.29, 0.717) is 25.1 Å². The molecule has 0 aliphatic carbocycles. The van der Waals surface area contributed by atoms with Crippen LogP contribution in [0.15, 0.2) is 18.2 Å². The standard InChI is InChI=1S/C11H12FN3O/c12-10-6-9(4-3-8(10)7-13)15-5-1-2-11(14)16/h3-4,6,15H,1-2,5H2,(H2,14,16). The zero-order chi connectivity index (χ0) is 12.0. The number of amides is 1. The number of anilines is 1. The van der Waals surface area contributed by atoms with Crippen molar-refractivity contribution in [3.05, 3.63) is 29.6 Å². The molecule has 16 heavy (non-hydrogen) atoms. The summed E-state index contributed by atoms with van der Waals surface area (Å²) >= 11 is 0. The molecule has 1 aromatic carbocycles. The number of carbonyl (C=O) groups excluding carboxylic acids is 1. The van der Waals surface area contributed by atoms with Crippen LogP contribution in [0.1, 0.15) is 18.4 Å². The minimum absolute atomic E-state index is 0.0164. The van der Waals surface area contributed by atoms with Gasteiger partial charge < -0.3 is 11.1 Å². The predicted octanol–water partition coefficient (Wildman–Crippen LogP) is 1.37. The molecule has 4 nitrogen and oxygen atoms in total. The van der Waals surface area contributed by atoms with E-state index < -0.39 is 5.82 Å². The van der Waals surface area contributed by atoms with Crippen LogP contribution in [0.2, 0.25) is 0 Å². The van der Waals surface area contributed by atoms with Crippen molar-refractivity contribution in [2.24, 2.45) is 5.73 Å². The van der Waals surface area contributed by atoms with Gasteiger partial charge in [-0.15, -0.1) is 0 Å². The van der Waals surface area contributed by atoms with Crippen molar-refractivity contribution in [2.75, 3.05) is 11.9 Å². The Hall–Kier alpha value is -2.09. The van der Waals surface area contributed by atoms with Crippen LogP contribution < -0.4 is 11.1 Å². The lowest BCUT2D eigenvalue weighted by molar-refractivity contribution is -0.118. The Morgan fingerprint density at radius 3 is 2.88 bits per heavy atom. The molecule has 0 aliphatic heterocycles. The molecule has 1 amide bonds. The molecular formula is C11H12FN3O. The van der Waals surface area contributed by atoms with E-state index in [1.165, 1.54) is 12.1 Å². The van der Waals surface area contributed by atoms with Crippen molar-refractivity contribution in [3.8, 4) is 6.07 Å². The highest BCUT2D eigenvalue weighted by atomic mass is 19.1. The largest absolute Gasteiger partial charge is 0.385 e. The number of nitriles is 1. The van der Waals surface area contributed by atoms with E-state index in [2.05, 4.69) is 5.32 Å². The van der Waals surface area contributed by atoms with Crippen LogP contribution in [-0.2, 0) is 4.79 Å². The molecule has 0 aliphatic rings. The lowest BCUT2D eigenvalue weighted by Gasteiger charge is -2.05. The van der Waals surface area contributed by atoms with Crippen LogP contribution >= 0.6 is 0 Å². The van der Waals surface area contributed by atoms with Crippen molar-refractivity contribution < 1.29 is 9.18 Å². The fourth-order valence-electron chi connectivity index (χ4n) is 1.21. The van der Waals surface area contributed by atoms with Gasteiger partial charge in [0, 0.05) is 18.7 Å². The monoisotopic (exact) mass is 221 g/mol. The van der Waals surface area contributed by atoms with Gasteiger partial charge in [0.1, 0.15) is 11.9 Å². The molecule has 0 spiro atoms. The van der Waals surface area contributed by atoms with Gasteiger partial charge in [0.2, 0.25) is 5.91 Å². The number of hydrogen-bond donors (Lipinski definition) is 2. The molecule has 0 aromatic heterocycles. The van der Waals surface area contributed by atoms with Crippen LogP contribution in [0.4, 0.5) is 10.1 Å². The Balaban J connectivity index is 2.47. The summed E-state index contributed by atoms with van der Waals surface area (Å²) < 4.78 is 13.2. The van der Waals surface area contributed by atoms with E-state index in [-0.39, 0.29) is 11.5 Å². The van der Waals surface area contributed by atoms with Gasteiger partial charge in [0.15, 0.2) is 0 Å². The summed E-state index contributed by atoms with van der Waals surface area (Å²) in [5.41, 5.74) is 5.57. The zero-order valence-electron chi connectivity index (χ0n) is 8.66. The van der Waals surface area contributed by atoms with Gasteiger partial charge in [-0.1, -0.05) is 0 Å². The van der Waals surface area contributed by atoms with Gasteiger partial charge in [-0.25, -0.2) is 4.39 Å². The van der Waals surface area contributed by atoms with E-state index in [4.69, 9.17) is 11.0 Å². The van der Waals surface area contributed by atoms with Crippen LogP contribution in [0.25, 0.3) is 0 Å². The summed E-state index contributed by atoms with van der Waals surface area (Å²) in [6.45, 7) is 0.536. The van der Waals surface area contributed by atoms with Gasteiger partial charge in [-0.2, -0.15) is 5.26 Å². The van der Waals surface area contributed by atoms with Crippen molar-refractivity contribution in [1.82, 2.24) is 0 Å². The van der Waals surface area contributed by atoms with Gasteiger partial charge in [0.05, 0.1) is 5.56 Å². The SMILES string of the molecule is N#Cc1ccc(NCCCC(N)=O)cc1F. The second-order valence-electron chi connectivity index (χ2n) is 3.30. The lowest BCUT2D eigenvalue weighted by atomic mass is 10.2. The molecular weight excluding hydrogens is 209 g/mol. The Labute approximate surface area is 92.9 Å². The number of nitrogens with one attached hydrogen (secondary N) is 1. The molecule has 0 saturated carbocycles. The van der Waals surface area contributed by atoms with Gasteiger partial charge in [-0.3, -0.25) is 4.79 Å². The average Bonchev–Trinajstić information content (AvgIpc) is 2.24. The average molecular weight is 221 g/mol. The first-order chi connectivity index (χ1) is 7.63. The molecule has 1 aromatic rings. The van der Waals surface area contributed by atoms with Crippen molar-refractivity contribution in [3.63, 3.8) is 0 Å². The molecule has 0 atom stereocenters. The number of benzene rings is 1. The zero-order valence-corrected chi connectivity index (χ0v) is 8.66. The van der Waals surface area contributed by atoms with E-state index in [1.54, 1.807) is 12.1 Å². The smallest absolute Gasteiger partial charge is 0.217 e. The topological polar surface area (TPSA) is 78.9 Å². The number of nitrogens with two attached hydrogens (primary N) is 1. The summed E-state index contributed by atoms with van der Waals surface area (Å²) in [4.78, 5) is 10.4. The first kappa shape index (κ1) is 12.0. The number of primary amides is 1. The van der Waals surface area contributed by atoms with Crippen LogP contribution in [-0.4, -0.2) is 12.5 Å². The van der Waals surface area contributed by atoms with E-state index in [9.17, 15) is 9.18 Å². The number of carbonyl (C=O) groups is 1. The lowest BCUT2D eigenvalue weighted by Crippen LogP contribution is -2.12. The maximum Gasteiger partial charge on any atom is 0.217 e. The first-order valence-electron chi connectivity index (χ1n) is 4.85. The molecule has 84 valence electrons. The summed E-state index contributed by atoms with van der Waals surface area (Å²) in [6.07, 6.45) is 0.892. The molecule has 0 bridgehead atoms.